The van der Waals surface area contributed by atoms with Crippen molar-refractivity contribution in [3.8, 4) is 0 Å². The van der Waals surface area contributed by atoms with Crippen LogP contribution in [0.15, 0.2) is 36.7 Å². The van der Waals surface area contributed by atoms with Crippen LogP contribution in [0.2, 0.25) is 0 Å². The summed E-state index contributed by atoms with van der Waals surface area (Å²) in [6, 6.07) is 8.82. The van der Waals surface area contributed by atoms with E-state index in [9.17, 15) is 4.79 Å². The molecule has 5 heteroatoms. The van der Waals surface area contributed by atoms with Crippen molar-refractivity contribution in [2.24, 2.45) is 5.92 Å². The second-order valence-corrected chi connectivity index (χ2v) is 7.31. The number of benzene rings is 1. The van der Waals surface area contributed by atoms with E-state index in [1.165, 1.54) is 24.0 Å². The molecule has 1 aromatic carbocycles. The molecule has 1 aromatic heterocycles. The van der Waals surface area contributed by atoms with Crippen LogP contribution in [0, 0.1) is 19.8 Å². The van der Waals surface area contributed by atoms with E-state index in [1.807, 2.05) is 24.0 Å². The summed E-state index contributed by atoms with van der Waals surface area (Å²) in [6.07, 6.45) is 6.25. The molecule has 0 bridgehead atoms. The third-order valence-electron chi connectivity index (χ3n) is 4.68. The van der Waals surface area contributed by atoms with Crippen LogP contribution in [-0.4, -0.2) is 28.3 Å². The Morgan fingerprint density at radius 1 is 1.24 bits per heavy atom. The molecule has 1 saturated carbocycles. The second kappa shape index (κ2) is 7.83. The number of nitrogens with zero attached hydrogens (tertiary/aromatic N) is 2. The lowest BCUT2D eigenvalue weighted by atomic mass is 10.0. The van der Waals surface area contributed by atoms with E-state index in [2.05, 4.69) is 53.8 Å². The normalized spacial score (nSPS) is 16.4. The lowest BCUT2D eigenvalue weighted by Crippen LogP contribution is -2.41. The average Bonchev–Trinajstić information content (AvgIpc) is 3.34. The topological polar surface area (TPSA) is 59.0 Å². The van der Waals surface area contributed by atoms with Gasteiger partial charge >= 0.3 is 0 Å². The van der Waals surface area contributed by atoms with Crippen molar-refractivity contribution >= 4 is 5.91 Å². The minimum atomic E-state index is 0.0565. The molecule has 0 radical (unpaired) electrons. The number of carbonyl (C=O) groups excluding carboxylic acids is 1. The van der Waals surface area contributed by atoms with E-state index in [-0.39, 0.29) is 18.0 Å². The van der Waals surface area contributed by atoms with Crippen LogP contribution in [0.1, 0.15) is 42.5 Å². The largest absolute Gasteiger partial charge is 0.348 e. The van der Waals surface area contributed by atoms with E-state index in [0.717, 1.165) is 12.1 Å². The van der Waals surface area contributed by atoms with E-state index in [0.29, 0.717) is 12.5 Å². The molecule has 2 aromatic rings. The van der Waals surface area contributed by atoms with Gasteiger partial charge in [0.15, 0.2) is 0 Å². The molecular formula is C20H28N4O. The maximum atomic E-state index is 12.4. The number of hydrogen-bond donors (Lipinski definition) is 2. The third-order valence-corrected chi connectivity index (χ3v) is 4.68. The van der Waals surface area contributed by atoms with Crippen molar-refractivity contribution < 1.29 is 4.79 Å². The number of hydrogen-bond acceptors (Lipinski definition) is 3. The summed E-state index contributed by atoms with van der Waals surface area (Å²) in [5.41, 5.74) is 3.60. The van der Waals surface area contributed by atoms with Crippen LogP contribution in [-0.2, 0) is 11.3 Å². The molecule has 0 spiro atoms. The molecule has 25 heavy (non-hydrogen) atoms. The summed E-state index contributed by atoms with van der Waals surface area (Å²) in [5, 5.41) is 10.8. The zero-order valence-corrected chi connectivity index (χ0v) is 15.3. The number of aromatic nitrogens is 2. The number of rotatable bonds is 8. The van der Waals surface area contributed by atoms with Gasteiger partial charge in [0.2, 0.25) is 5.91 Å². The van der Waals surface area contributed by atoms with Crippen LogP contribution < -0.4 is 10.6 Å². The van der Waals surface area contributed by atoms with Gasteiger partial charge in [0.05, 0.1) is 25.3 Å². The SMILES string of the molecule is Cc1ccc([C@@H](NC(=O)CN[C@H](C)Cn2cc(C)cn2)C2CC2)cc1. The van der Waals surface area contributed by atoms with Crippen molar-refractivity contribution in [3.63, 3.8) is 0 Å². The Hall–Kier alpha value is -2.14. The Labute approximate surface area is 149 Å². The highest BCUT2D eigenvalue weighted by atomic mass is 16.2. The maximum Gasteiger partial charge on any atom is 0.234 e. The smallest absolute Gasteiger partial charge is 0.234 e. The van der Waals surface area contributed by atoms with Crippen LogP contribution in [0.25, 0.3) is 0 Å². The Bertz CT molecular complexity index is 703. The Kier molecular flexibility index (Phi) is 5.53. The minimum Gasteiger partial charge on any atom is -0.348 e. The summed E-state index contributed by atoms with van der Waals surface area (Å²) in [4.78, 5) is 12.4. The van der Waals surface area contributed by atoms with E-state index < -0.39 is 0 Å². The first-order valence-corrected chi connectivity index (χ1v) is 9.09. The van der Waals surface area contributed by atoms with Crippen LogP contribution in [0.5, 0.6) is 0 Å². The minimum absolute atomic E-state index is 0.0565. The van der Waals surface area contributed by atoms with Gasteiger partial charge in [-0.05, 0) is 50.7 Å². The van der Waals surface area contributed by atoms with Gasteiger partial charge in [-0.3, -0.25) is 9.48 Å². The molecule has 2 atom stereocenters. The molecule has 5 nitrogen and oxygen atoms in total. The van der Waals surface area contributed by atoms with E-state index in [4.69, 9.17) is 0 Å². The predicted molar refractivity (Wildman–Crippen MR) is 99.2 cm³/mol. The molecule has 1 amide bonds. The lowest BCUT2D eigenvalue weighted by molar-refractivity contribution is -0.121. The Morgan fingerprint density at radius 3 is 2.56 bits per heavy atom. The quantitative estimate of drug-likeness (QED) is 0.777. The molecule has 0 unspecified atom stereocenters. The summed E-state index contributed by atoms with van der Waals surface area (Å²) in [5.74, 6) is 0.636. The van der Waals surface area contributed by atoms with Crippen molar-refractivity contribution in [2.75, 3.05) is 6.54 Å². The summed E-state index contributed by atoms with van der Waals surface area (Å²) in [7, 11) is 0. The highest BCUT2D eigenvalue weighted by Gasteiger charge is 2.33. The van der Waals surface area contributed by atoms with E-state index in [1.54, 1.807) is 0 Å². The van der Waals surface area contributed by atoms with Gasteiger partial charge in [-0.25, -0.2) is 0 Å². The molecule has 134 valence electrons. The van der Waals surface area contributed by atoms with Crippen molar-refractivity contribution in [3.05, 3.63) is 53.3 Å². The van der Waals surface area contributed by atoms with Crippen molar-refractivity contribution in [2.45, 2.75) is 52.2 Å². The predicted octanol–water partition coefficient (Wildman–Crippen LogP) is 2.75. The number of nitrogens with one attached hydrogen (secondary N) is 2. The van der Waals surface area contributed by atoms with Crippen molar-refractivity contribution in [1.29, 1.82) is 0 Å². The molecule has 0 aliphatic heterocycles. The molecule has 0 saturated heterocycles. The second-order valence-electron chi connectivity index (χ2n) is 7.31. The summed E-state index contributed by atoms with van der Waals surface area (Å²) >= 11 is 0. The fourth-order valence-corrected chi connectivity index (χ4v) is 3.08. The van der Waals surface area contributed by atoms with Gasteiger partial charge in [-0.2, -0.15) is 5.10 Å². The summed E-state index contributed by atoms with van der Waals surface area (Å²) < 4.78 is 1.91. The zero-order valence-electron chi connectivity index (χ0n) is 15.3. The van der Waals surface area contributed by atoms with Crippen LogP contribution in [0.4, 0.5) is 0 Å². The Morgan fingerprint density at radius 2 is 1.96 bits per heavy atom. The highest BCUT2D eigenvalue weighted by molar-refractivity contribution is 5.78. The molecule has 3 rings (SSSR count). The average molecular weight is 340 g/mol. The number of aryl methyl sites for hydroxylation is 2. The van der Waals surface area contributed by atoms with Gasteiger partial charge < -0.3 is 10.6 Å². The monoisotopic (exact) mass is 340 g/mol. The van der Waals surface area contributed by atoms with E-state index >= 15 is 0 Å². The molecule has 1 aliphatic rings. The molecule has 1 aliphatic carbocycles. The number of carbonyl (C=O) groups is 1. The van der Waals surface area contributed by atoms with Gasteiger partial charge in [0, 0.05) is 12.2 Å². The first-order valence-electron chi connectivity index (χ1n) is 9.09. The standard InChI is InChI=1S/C20H28N4O/c1-14-4-6-17(7-5-14)20(18-8-9-18)23-19(25)11-21-16(3)13-24-12-15(2)10-22-24/h4-7,10,12,16,18,20-21H,8-9,11,13H2,1-3H3,(H,23,25)/t16-,20-/m1/s1. The van der Waals surface area contributed by atoms with Gasteiger partial charge in [-0.15, -0.1) is 0 Å². The lowest BCUT2D eigenvalue weighted by Gasteiger charge is -2.20. The summed E-state index contributed by atoms with van der Waals surface area (Å²) in [6.45, 7) is 7.27. The fraction of sp³-hybridized carbons (Fsp3) is 0.500. The molecule has 1 fully saturated rings. The maximum absolute atomic E-state index is 12.4. The zero-order chi connectivity index (χ0) is 17.8. The fourth-order valence-electron chi connectivity index (χ4n) is 3.08. The third kappa shape index (κ3) is 5.16. The van der Waals surface area contributed by atoms with Gasteiger partial charge in [0.25, 0.3) is 0 Å². The first-order chi connectivity index (χ1) is 12.0. The molecule has 2 N–H and O–H groups in total. The van der Waals surface area contributed by atoms with Gasteiger partial charge in [0.1, 0.15) is 0 Å². The van der Waals surface area contributed by atoms with Crippen LogP contribution >= 0.6 is 0 Å². The van der Waals surface area contributed by atoms with Crippen molar-refractivity contribution in [1.82, 2.24) is 20.4 Å². The molecule has 1 heterocycles. The molecular weight excluding hydrogens is 312 g/mol. The van der Waals surface area contributed by atoms with Crippen LogP contribution in [0.3, 0.4) is 0 Å². The Balaban J connectivity index is 1.49. The number of amides is 1. The van der Waals surface area contributed by atoms with Gasteiger partial charge in [-0.1, -0.05) is 29.8 Å². The highest BCUT2D eigenvalue weighted by Crippen LogP contribution is 2.40. The first kappa shape index (κ1) is 17.7.